The largest absolute Gasteiger partial charge is 0.228 e. The fourth-order valence-corrected chi connectivity index (χ4v) is 8.46. The summed E-state index contributed by atoms with van der Waals surface area (Å²) >= 11 is 0. The summed E-state index contributed by atoms with van der Waals surface area (Å²) in [5.41, 5.74) is 17.4. The highest BCUT2D eigenvalue weighted by atomic mass is 14.9. The van der Waals surface area contributed by atoms with Crippen molar-refractivity contribution in [2.24, 2.45) is 0 Å². The van der Waals surface area contributed by atoms with Gasteiger partial charge >= 0.3 is 0 Å². The third-order valence-electron chi connectivity index (χ3n) is 10.9. The minimum atomic E-state index is 0.197. The highest BCUT2D eigenvalue weighted by molar-refractivity contribution is 5.86. The number of hydrogen-bond acceptors (Lipinski definition) is 2. The molecule has 9 rings (SSSR count). The van der Waals surface area contributed by atoms with E-state index in [2.05, 4.69) is 134 Å². The quantitative estimate of drug-likeness (QED) is 0.189. The lowest BCUT2D eigenvalue weighted by Gasteiger charge is -2.36. The predicted molar refractivity (Wildman–Crippen MR) is 203 cm³/mol. The minimum absolute atomic E-state index is 0.197. The van der Waals surface area contributed by atoms with E-state index in [1.165, 1.54) is 76.6 Å². The Morgan fingerprint density at radius 2 is 1.00 bits per heavy atom. The van der Waals surface area contributed by atoms with E-state index in [0.29, 0.717) is 0 Å². The number of aromatic nitrogens is 2. The molecule has 2 aliphatic rings. The molecule has 2 heteroatoms. The summed E-state index contributed by atoms with van der Waals surface area (Å²) in [6, 6.07) is 54.8. The van der Waals surface area contributed by atoms with Gasteiger partial charge in [-0.15, -0.1) is 0 Å². The van der Waals surface area contributed by atoms with E-state index in [1.54, 1.807) is 5.56 Å². The summed E-state index contributed by atoms with van der Waals surface area (Å²) in [5, 5.41) is 0. The molecule has 0 N–H and O–H groups in total. The lowest BCUT2D eigenvalue weighted by Crippen LogP contribution is -2.27. The van der Waals surface area contributed by atoms with Gasteiger partial charge in [0, 0.05) is 22.1 Å². The lowest BCUT2D eigenvalue weighted by atomic mass is 9.68. The first kappa shape index (κ1) is 29.5. The number of rotatable bonds is 5. The van der Waals surface area contributed by atoms with Crippen molar-refractivity contribution in [1.29, 1.82) is 0 Å². The molecule has 6 aromatic carbocycles. The van der Waals surface area contributed by atoms with Gasteiger partial charge in [-0.25, -0.2) is 9.97 Å². The van der Waals surface area contributed by atoms with Gasteiger partial charge in [-0.1, -0.05) is 159 Å². The van der Waals surface area contributed by atoms with Crippen molar-refractivity contribution < 1.29 is 0 Å². The summed E-state index contributed by atoms with van der Waals surface area (Å²) in [6.07, 6.45) is 6.52. The molecule has 1 saturated carbocycles. The average Bonchev–Trinajstić information content (AvgIpc) is 3.44. The summed E-state index contributed by atoms with van der Waals surface area (Å²) in [4.78, 5) is 10.1. The number of benzene rings is 6. The Bertz CT molecular complexity index is 2240. The van der Waals surface area contributed by atoms with Crippen molar-refractivity contribution in [2.75, 3.05) is 0 Å². The molecule has 0 radical (unpaired) electrons. The molecule has 2 aliphatic carbocycles. The molecule has 0 bridgehead atoms. The molecule has 1 heterocycles. The topological polar surface area (TPSA) is 25.8 Å². The summed E-state index contributed by atoms with van der Waals surface area (Å²) in [5.74, 6) is 0.734. The van der Waals surface area contributed by atoms with Crippen LogP contribution in [0.25, 0.3) is 67.3 Å². The van der Waals surface area contributed by atoms with Crippen molar-refractivity contribution in [3.05, 3.63) is 168 Å². The standard InChI is InChI=1S/C47H38N2/c1-32-38(19-13-20-39(32)45-31-44(35-14-5-2-6-15-35)48-46(49-45)36-16-7-3-8-17-36)34-24-22-33(23-25-34)37-26-27-43-41(30-37)40-18-9-10-21-42(40)47(43)28-11-4-12-29-47/h2-3,5-10,13-27,30-31H,4,11-12,28-29H2,1H3. The van der Waals surface area contributed by atoms with Gasteiger partial charge in [-0.3, -0.25) is 0 Å². The summed E-state index contributed by atoms with van der Waals surface area (Å²) < 4.78 is 0. The first-order chi connectivity index (χ1) is 24.2. The fourth-order valence-electron chi connectivity index (χ4n) is 8.46. The molecule has 1 spiro atoms. The molecule has 7 aromatic rings. The second-order valence-electron chi connectivity index (χ2n) is 13.7. The van der Waals surface area contributed by atoms with Crippen molar-refractivity contribution >= 4 is 0 Å². The first-order valence-electron chi connectivity index (χ1n) is 17.6. The van der Waals surface area contributed by atoms with Crippen LogP contribution in [-0.4, -0.2) is 9.97 Å². The van der Waals surface area contributed by atoms with Crippen LogP contribution in [0.15, 0.2) is 152 Å². The molecule has 0 amide bonds. The van der Waals surface area contributed by atoms with Gasteiger partial charge < -0.3 is 0 Å². The molecular formula is C47H38N2. The minimum Gasteiger partial charge on any atom is -0.228 e. The summed E-state index contributed by atoms with van der Waals surface area (Å²) in [6.45, 7) is 2.21. The van der Waals surface area contributed by atoms with Crippen LogP contribution in [0.1, 0.15) is 48.8 Å². The van der Waals surface area contributed by atoms with Gasteiger partial charge in [-0.05, 0) is 82.0 Å². The van der Waals surface area contributed by atoms with Gasteiger partial charge in [-0.2, -0.15) is 0 Å². The van der Waals surface area contributed by atoms with E-state index in [-0.39, 0.29) is 5.41 Å². The second-order valence-corrected chi connectivity index (χ2v) is 13.7. The van der Waals surface area contributed by atoms with Crippen LogP contribution in [-0.2, 0) is 5.41 Å². The predicted octanol–water partition coefficient (Wildman–Crippen LogP) is 12.4. The SMILES string of the molecule is Cc1c(-c2ccc(-c3ccc4c(c3)-c3ccccc3C43CCCCC3)cc2)cccc1-c1cc(-c2ccccc2)nc(-c2ccccc2)n1. The Labute approximate surface area is 289 Å². The van der Waals surface area contributed by atoms with Gasteiger partial charge in [0.2, 0.25) is 0 Å². The van der Waals surface area contributed by atoms with Gasteiger partial charge in [0.05, 0.1) is 11.4 Å². The van der Waals surface area contributed by atoms with Gasteiger partial charge in [0.15, 0.2) is 5.82 Å². The van der Waals surface area contributed by atoms with Crippen molar-refractivity contribution in [2.45, 2.75) is 44.4 Å². The van der Waals surface area contributed by atoms with Crippen LogP contribution in [0.2, 0.25) is 0 Å². The molecule has 0 atom stereocenters. The maximum atomic E-state index is 5.11. The highest BCUT2D eigenvalue weighted by Gasteiger charge is 2.43. The molecular weight excluding hydrogens is 593 g/mol. The van der Waals surface area contributed by atoms with Crippen LogP contribution in [0.4, 0.5) is 0 Å². The van der Waals surface area contributed by atoms with Crippen molar-refractivity contribution in [3.8, 4) is 67.3 Å². The van der Waals surface area contributed by atoms with Crippen molar-refractivity contribution in [3.63, 3.8) is 0 Å². The van der Waals surface area contributed by atoms with Gasteiger partial charge in [0.25, 0.3) is 0 Å². The third kappa shape index (κ3) is 5.11. The lowest BCUT2D eigenvalue weighted by molar-refractivity contribution is 0.353. The van der Waals surface area contributed by atoms with Crippen LogP contribution in [0.5, 0.6) is 0 Å². The highest BCUT2D eigenvalue weighted by Crippen LogP contribution is 2.56. The molecule has 236 valence electrons. The van der Waals surface area contributed by atoms with Crippen LogP contribution >= 0.6 is 0 Å². The zero-order valence-electron chi connectivity index (χ0n) is 27.9. The Kier molecular flexibility index (Phi) is 7.31. The molecule has 0 saturated heterocycles. The molecule has 2 nitrogen and oxygen atoms in total. The molecule has 1 fully saturated rings. The van der Waals surface area contributed by atoms with E-state index >= 15 is 0 Å². The average molecular weight is 631 g/mol. The number of hydrogen-bond donors (Lipinski definition) is 0. The third-order valence-corrected chi connectivity index (χ3v) is 10.9. The summed E-state index contributed by atoms with van der Waals surface area (Å²) in [7, 11) is 0. The van der Waals surface area contributed by atoms with E-state index in [0.717, 1.165) is 33.9 Å². The van der Waals surface area contributed by atoms with Gasteiger partial charge in [0.1, 0.15) is 0 Å². The molecule has 0 aliphatic heterocycles. The molecule has 49 heavy (non-hydrogen) atoms. The maximum absolute atomic E-state index is 5.11. The Morgan fingerprint density at radius 3 is 1.78 bits per heavy atom. The Morgan fingerprint density at radius 1 is 0.408 bits per heavy atom. The van der Waals surface area contributed by atoms with E-state index in [4.69, 9.17) is 9.97 Å². The first-order valence-corrected chi connectivity index (χ1v) is 17.6. The maximum Gasteiger partial charge on any atom is 0.160 e. The van der Waals surface area contributed by atoms with Crippen molar-refractivity contribution in [1.82, 2.24) is 9.97 Å². The van der Waals surface area contributed by atoms with E-state index < -0.39 is 0 Å². The van der Waals surface area contributed by atoms with E-state index in [9.17, 15) is 0 Å². The van der Waals surface area contributed by atoms with Crippen LogP contribution < -0.4 is 0 Å². The monoisotopic (exact) mass is 630 g/mol. The Balaban J connectivity index is 1.08. The number of nitrogens with zero attached hydrogens (tertiary/aromatic N) is 2. The smallest absolute Gasteiger partial charge is 0.160 e. The second kappa shape index (κ2) is 12.1. The Hall–Kier alpha value is -5.60. The number of fused-ring (bicyclic) bond motifs is 5. The van der Waals surface area contributed by atoms with E-state index in [1.807, 2.05) is 24.3 Å². The van der Waals surface area contributed by atoms with Crippen LogP contribution in [0, 0.1) is 6.92 Å². The van der Waals surface area contributed by atoms with Crippen LogP contribution in [0.3, 0.4) is 0 Å². The molecule has 1 aromatic heterocycles. The molecule has 0 unspecified atom stereocenters. The fraction of sp³-hybridized carbons (Fsp3) is 0.149. The zero-order chi connectivity index (χ0) is 32.8. The normalized spacial score (nSPS) is 14.4. The zero-order valence-corrected chi connectivity index (χ0v) is 27.9.